The molecular formula is C15H22N2O2. The van der Waals surface area contributed by atoms with Crippen LogP contribution >= 0.6 is 0 Å². The summed E-state index contributed by atoms with van der Waals surface area (Å²) in [5.74, 6) is -0.117. The van der Waals surface area contributed by atoms with Crippen molar-refractivity contribution in [1.82, 2.24) is 5.32 Å². The number of amides is 1. The van der Waals surface area contributed by atoms with Crippen LogP contribution in [0.25, 0.3) is 0 Å². The first-order chi connectivity index (χ1) is 8.98. The van der Waals surface area contributed by atoms with Gasteiger partial charge in [-0.2, -0.15) is 0 Å². The number of nitrogens with one attached hydrogen (secondary N) is 1. The molecule has 4 heteroatoms. The standard InChI is InChI=1S/C15H22N2O2/c1-15(2)10-12(8-9-19-15)17-14(18)13(16)11-6-4-3-5-7-11/h3-7,12-13H,8-10,16H2,1-2H3,(H,17,18)/t12?,13-/m0/s1. The van der Waals surface area contributed by atoms with Crippen LogP contribution in [-0.2, 0) is 9.53 Å². The molecule has 1 aliphatic heterocycles. The van der Waals surface area contributed by atoms with Gasteiger partial charge in [0.05, 0.1) is 5.60 Å². The zero-order chi connectivity index (χ0) is 13.9. The predicted molar refractivity (Wildman–Crippen MR) is 74.6 cm³/mol. The monoisotopic (exact) mass is 262 g/mol. The molecule has 1 fully saturated rings. The summed E-state index contributed by atoms with van der Waals surface area (Å²) in [6.07, 6.45) is 1.66. The molecule has 0 saturated carbocycles. The van der Waals surface area contributed by atoms with Crippen LogP contribution in [0.15, 0.2) is 30.3 Å². The highest BCUT2D eigenvalue weighted by molar-refractivity contribution is 5.83. The molecule has 1 aromatic rings. The number of hydrogen-bond donors (Lipinski definition) is 2. The summed E-state index contributed by atoms with van der Waals surface area (Å²) in [6, 6.07) is 8.98. The van der Waals surface area contributed by atoms with Crippen LogP contribution in [0.4, 0.5) is 0 Å². The molecule has 4 nitrogen and oxygen atoms in total. The van der Waals surface area contributed by atoms with Gasteiger partial charge in [0.25, 0.3) is 0 Å². The molecule has 0 bridgehead atoms. The van der Waals surface area contributed by atoms with Crippen molar-refractivity contribution >= 4 is 5.91 Å². The van der Waals surface area contributed by atoms with Crippen molar-refractivity contribution in [3.05, 3.63) is 35.9 Å². The smallest absolute Gasteiger partial charge is 0.241 e. The van der Waals surface area contributed by atoms with Crippen LogP contribution in [0.3, 0.4) is 0 Å². The quantitative estimate of drug-likeness (QED) is 0.872. The molecule has 2 rings (SSSR count). The van der Waals surface area contributed by atoms with Crippen molar-refractivity contribution in [3.8, 4) is 0 Å². The molecule has 2 atom stereocenters. The van der Waals surface area contributed by atoms with Gasteiger partial charge in [-0.05, 0) is 32.3 Å². The van der Waals surface area contributed by atoms with E-state index in [1.54, 1.807) is 0 Å². The second-order valence-corrected chi connectivity index (χ2v) is 5.69. The van der Waals surface area contributed by atoms with Gasteiger partial charge in [0, 0.05) is 12.6 Å². The number of carbonyl (C=O) groups is 1. The molecule has 1 amide bonds. The molecule has 1 saturated heterocycles. The molecular weight excluding hydrogens is 240 g/mol. The summed E-state index contributed by atoms with van der Waals surface area (Å²) in [5.41, 5.74) is 6.65. The van der Waals surface area contributed by atoms with E-state index in [9.17, 15) is 4.79 Å². The van der Waals surface area contributed by atoms with Crippen molar-refractivity contribution in [2.45, 2.75) is 44.4 Å². The Morgan fingerprint density at radius 1 is 1.42 bits per heavy atom. The summed E-state index contributed by atoms with van der Waals surface area (Å²) >= 11 is 0. The van der Waals surface area contributed by atoms with Crippen molar-refractivity contribution in [3.63, 3.8) is 0 Å². The molecule has 19 heavy (non-hydrogen) atoms. The first-order valence-electron chi connectivity index (χ1n) is 6.73. The van der Waals surface area contributed by atoms with E-state index in [2.05, 4.69) is 5.32 Å². The van der Waals surface area contributed by atoms with Crippen LogP contribution in [-0.4, -0.2) is 24.2 Å². The number of rotatable bonds is 3. The van der Waals surface area contributed by atoms with Crippen molar-refractivity contribution in [2.24, 2.45) is 5.73 Å². The predicted octanol–water partition coefficient (Wildman–Crippen LogP) is 1.76. The average molecular weight is 262 g/mol. The zero-order valence-electron chi connectivity index (χ0n) is 11.6. The van der Waals surface area contributed by atoms with E-state index in [4.69, 9.17) is 10.5 Å². The third-order valence-corrected chi connectivity index (χ3v) is 3.48. The number of nitrogens with two attached hydrogens (primary N) is 1. The molecule has 0 radical (unpaired) electrons. The van der Waals surface area contributed by atoms with Gasteiger partial charge in [0.1, 0.15) is 6.04 Å². The van der Waals surface area contributed by atoms with Gasteiger partial charge in [-0.15, -0.1) is 0 Å². The van der Waals surface area contributed by atoms with Gasteiger partial charge in [0.15, 0.2) is 0 Å². The highest BCUT2D eigenvalue weighted by Crippen LogP contribution is 2.24. The number of hydrogen-bond acceptors (Lipinski definition) is 3. The van der Waals surface area contributed by atoms with Gasteiger partial charge < -0.3 is 15.8 Å². The summed E-state index contributed by atoms with van der Waals surface area (Å²) in [5, 5.41) is 3.03. The van der Waals surface area contributed by atoms with E-state index in [1.165, 1.54) is 0 Å². The first-order valence-corrected chi connectivity index (χ1v) is 6.73. The van der Waals surface area contributed by atoms with Crippen molar-refractivity contribution in [1.29, 1.82) is 0 Å². The topological polar surface area (TPSA) is 64.4 Å². The Labute approximate surface area is 114 Å². The van der Waals surface area contributed by atoms with Crippen LogP contribution in [0.1, 0.15) is 38.3 Å². The molecule has 0 spiro atoms. The third-order valence-electron chi connectivity index (χ3n) is 3.48. The van der Waals surface area contributed by atoms with Crippen LogP contribution in [0.5, 0.6) is 0 Å². The molecule has 0 aliphatic carbocycles. The molecule has 1 heterocycles. The highest BCUT2D eigenvalue weighted by atomic mass is 16.5. The minimum absolute atomic E-state index is 0.117. The van der Waals surface area contributed by atoms with Gasteiger partial charge in [0.2, 0.25) is 5.91 Å². The fourth-order valence-corrected chi connectivity index (χ4v) is 2.46. The zero-order valence-corrected chi connectivity index (χ0v) is 11.6. The van der Waals surface area contributed by atoms with E-state index in [0.717, 1.165) is 18.4 Å². The van der Waals surface area contributed by atoms with E-state index in [-0.39, 0.29) is 17.6 Å². The third kappa shape index (κ3) is 3.78. The van der Waals surface area contributed by atoms with E-state index < -0.39 is 6.04 Å². The van der Waals surface area contributed by atoms with Crippen molar-refractivity contribution in [2.75, 3.05) is 6.61 Å². The molecule has 1 aliphatic rings. The summed E-state index contributed by atoms with van der Waals surface area (Å²) in [6.45, 7) is 4.77. The van der Waals surface area contributed by atoms with Gasteiger partial charge >= 0.3 is 0 Å². The minimum Gasteiger partial charge on any atom is -0.375 e. The molecule has 1 aromatic carbocycles. The fourth-order valence-electron chi connectivity index (χ4n) is 2.46. The lowest BCUT2D eigenvalue weighted by atomic mass is 9.93. The Kier molecular flexibility index (Phi) is 4.22. The summed E-state index contributed by atoms with van der Waals surface area (Å²) in [7, 11) is 0. The largest absolute Gasteiger partial charge is 0.375 e. The van der Waals surface area contributed by atoms with E-state index >= 15 is 0 Å². The second-order valence-electron chi connectivity index (χ2n) is 5.69. The Morgan fingerprint density at radius 2 is 2.11 bits per heavy atom. The Morgan fingerprint density at radius 3 is 2.74 bits per heavy atom. The summed E-state index contributed by atoms with van der Waals surface area (Å²) in [4.78, 5) is 12.1. The number of benzene rings is 1. The fraction of sp³-hybridized carbons (Fsp3) is 0.533. The van der Waals surface area contributed by atoms with Crippen LogP contribution < -0.4 is 11.1 Å². The Hall–Kier alpha value is -1.39. The van der Waals surface area contributed by atoms with Crippen LogP contribution in [0.2, 0.25) is 0 Å². The maximum absolute atomic E-state index is 12.1. The first kappa shape index (κ1) is 14.0. The highest BCUT2D eigenvalue weighted by Gasteiger charge is 2.30. The maximum atomic E-state index is 12.1. The van der Waals surface area contributed by atoms with Crippen LogP contribution in [0, 0.1) is 0 Å². The maximum Gasteiger partial charge on any atom is 0.241 e. The Balaban J connectivity index is 1.94. The number of carbonyl (C=O) groups excluding carboxylic acids is 1. The number of ether oxygens (including phenoxy) is 1. The second kappa shape index (κ2) is 5.72. The molecule has 104 valence electrons. The lowest BCUT2D eigenvalue weighted by molar-refractivity contribution is -0.125. The minimum atomic E-state index is -0.604. The lowest BCUT2D eigenvalue weighted by Gasteiger charge is -2.36. The van der Waals surface area contributed by atoms with Gasteiger partial charge in [-0.25, -0.2) is 0 Å². The van der Waals surface area contributed by atoms with E-state index in [0.29, 0.717) is 6.61 Å². The van der Waals surface area contributed by atoms with Gasteiger partial charge in [-0.3, -0.25) is 4.79 Å². The average Bonchev–Trinajstić information content (AvgIpc) is 2.37. The van der Waals surface area contributed by atoms with E-state index in [1.807, 2.05) is 44.2 Å². The summed E-state index contributed by atoms with van der Waals surface area (Å²) < 4.78 is 5.64. The molecule has 3 N–H and O–H groups in total. The lowest BCUT2D eigenvalue weighted by Crippen LogP contribution is -2.48. The molecule has 0 aromatic heterocycles. The normalized spacial score (nSPS) is 23.6. The molecule has 1 unspecified atom stereocenters. The Bertz CT molecular complexity index is 431. The van der Waals surface area contributed by atoms with Gasteiger partial charge in [-0.1, -0.05) is 30.3 Å². The van der Waals surface area contributed by atoms with Crippen molar-refractivity contribution < 1.29 is 9.53 Å². The SMILES string of the molecule is CC1(C)CC(NC(=O)[C@@H](N)c2ccccc2)CCO1.